The molecule has 1 amide bonds. The minimum absolute atomic E-state index is 0.0447. The molecule has 2 unspecified atom stereocenters. The standard InChI is InChI=1S/C15H18ClFN2O/c1-15(2)11-7-18-6-10(11)8-19(15)14(20)9-3-4-12(16)13(17)5-9/h3-5,10-11,18H,6-8H2,1-2H3. The first kappa shape index (κ1) is 13.8. The van der Waals surface area contributed by atoms with Crippen LogP contribution in [0.15, 0.2) is 18.2 Å². The largest absolute Gasteiger partial charge is 0.333 e. The van der Waals surface area contributed by atoms with E-state index in [1.165, 1.54) is 12.1 Å². The lowest BCUT2D eigenvalue weighted by molar-refractivity contribution is 0.0603. The molecule has 2 fully saturated rings. The van der Waals surface area contributed by atoms with Crippen LogP contribution < -0.4 is 5.32 Å². The highest BCUT2D eigenvalue weighted by Crippen LogP contribution is 2.41. The van der Waals surface area contributed by atoms with E-state index in [4.69, 9.17) is 11.6 Å². The van der Waals surface area contributed by atoms with Gasteiger partial charge in [-0.2, -0.15) is 0 Å². The molecule has 2 heterocycles. The second-order valence-corrected chi connectivity index (χ2v) is 6.63. The topological polar surface area (TPSA) is 32.3 Å². The lowest BCUT2D eigenvalue weighted by Gasteiger charge is -2.35. The number of nitrogens with one attached hydrogen (secondary N) is 1. The molecule has 5 heteroatoms. The summed E-state index contributed by atoms with van der Waals surface area (Å²) in [7, 11) is 0. The van der Waals surface area contributed by atoms with Gasteiger partial charge < -0.3 is 10.2 Å². The highest BCUT2D eigenvalue weighted by atomic mass is 35.5. The maximum absolute atomic E-state index is 13.5. The Morgan fingerprint density at radius 2 is 2.20 bits per heavy atom. The quantitative estimate of drug-likeness (QED) is 0.864. The minimum Gasteiger partial charge on any atom is -0.333 e. The van der Waals surface area contributed by atoms with Crippen molar-refractivity contribution in [3.63, 3.8) is 0 Å². The van der Waals surface area contributed by atoms with E-state index in [9.17, 15) is 9.18 Å². The van der Waals surface area contributed by atoms with Crippen LogP contribution in [-0.2, 0) is 0 Å². The lowest BCUT2D eigenvalue weighted by atomic mass is 9.84. The Balaban J connectivity index is 1.89. The predicted octanol–water partition coefficient (Wildman–Crippen LogP) is 2.55. The van der Waals surface area contributed by atoms with Crippen molar-refractivity contribution in [1.82, 2.24) is 10.2 Å². The van der Waals surface area contributed by atoms with E-state index < -0.39 is 5.82 Å². The van der Waals surface area contributed by atoms with Crippen LogP contribution in [0.4, 0.5) is 4.39 Å². The van der Waals surface area contributed by atoms with Gasteiger partial charge in [0.25, 0.3) is 5.91 Å². The van der Waals surface area contributed by atoms with Gasteiger partial charge in [-0.25, -0.2) is 4.39 Å². The average molecular weight is 297 g/mol. The van der Waals surface area contributed by atoms with Crippen LogP contribution in [0.5, 0.6) is 0 Å². The molecule has 2 saturated heterocycles. The lowest BCUT2D eigenvalue weighted by Crippen LogP contribution is -2.47. The Morgan fingerprint density at radius 1 is 1.45 bits per heavy atom. The number of carbonyl (C=O) groups is 1. The molecule has 2 aliphatic heterocycles. The van der Waals surface area contributed by atoms with Gasteiger partial charge in [0.2, 0.25) is 0 Å². The molecular weight excluding hydrogens is 279 g/mol. The number of carbonyl (C=O) groups excluding carboxylic acids is 1. The Labute approximate surface area is 123 Å². The van der Waals surface area contributed by atoms with Gasteiger partial charge in [-0.1, -0.05) is 11.6 Å². The summed E-state index contributed by atoms with van der Waals surface area (Å²) in [4.78, 5) is 14.5. The maximum atomic E-state index is 13.5. The van der Waals surface area contributed by atoms with E-state index in [1.807, 2.05) is 4.90 Å². The van der Waals surface area contributed by atoms with Gasteiger partial charge in [0.05, 0.1) is 5.02 Å². The Kier molecular flexibility index (Phi) is 3.26. The maximum Gasteiger partial charge on any atom is 0.254 e. The smallest absolute Gasteiger partial charge is 0.254 e. The SMILES string of the molecule is CC1(C)C2CNCC2CN1C(=O)c1ccc(Cl)c(F)c1. The second kappa shape index (κ2) is 4.71. The van der Waals surface area contributed by atoms with Gasteiger partial charge in [-0.05, 0) is 43.9 Å². The number of likely N-dealkylation sites (tertiary alicyclic amines) is 1. The molecule has 1 aromatic carbocycles. The molecule has 20 heavy (non-hydrogen) atoms. The van der Waals surface area contributed by atoms with Crippen LogP contribution in [0.3, 0.4) is 0 Å². The summed E-state index contributed by atoms with van der Waals surface area (Å²) in [6.07, 6.45) is 0. The number of amides is 1. The van der Waals surface area contributed by atoms with Gasteiger partial charge in [0, 0.05) is 30.7 Å². The summed E-state index contributed by atoms with van der Waals surface area (Å²) < 4.78 is 13.5. The molecule has 3 nitrogen and oxygen atoms in total. The number of halogens is 2. The number of benzene rings is 1. The summed E-state index contributed by atoms with van der Waals surface area (Å²) in [6.45, 7) is 6.81. The van der Waals surface area contributed by atoms with Crippen LogP contribution in [-0.4, -0.2) is 36.0 Å². The molecule has 0 radical (unpaired) electrons. The predicted molar refractivity (Wildman–Crippen MR) is 76.4 cm³/mol. The normalized spacial score (nSPS) is 27.7. The molecule has 2 atom stereocenters. The molecule has 3 rings (SSSR count). The van der Waals surface area contributed by atoms with E-state index in [0.717, 1.165) is 19.6 Å². The molecule has 0 aliphatic carbocycles. The van der Waals surface area contributed by atoms with Gasteiger partial charge in [0.15, 0.2) is 0 Å². The van der Waals surface area contributed by atoms with Crippen molar-refractivity contribution in [2.75, 3.05) is 19.6 Å². The van der Waals surface area contributed by atoms with Gasteiger partial charge in [-0.15, -0.1) is 0 Å². The third-order valence-electron chi connectivity index (χ3n) is 4.77. The number of fused-ring (bicyclic) bond motifs is 1. The third kappa shape index (κ3) is 2.02. The Bertz CT molecular complexity index is 561. The van der Waals surface area contributed by atoms with Gasteiger partial charge in [0.1, 0.15) is 5.82 Å². The fourth-order valence-electron chi connectivity index (χ4n) is 3.55. The van der Waals surface area contributed by atoms with E-state index in [0.29, 0.717) is 17.4 Å². The van der Waals surface area contributed by atoms with Crippen molar-refractivity contribution in [2.45, 2.75) is 19.4 Å². The van der Waals surface area contributed by atoms with Crippen LogP contribution in [0, 0.1) is 17.7 Å². The zero-order valence-electron chi connectivity index (χ0n) is 11.6. The van der Waals surface area contributed by atoms with Crippen molar-refractivity contribution in [2.24, 2.45) is 11.8 Å². The van der Waals surface area contributed by atoms with Gasteiger partial charge in [-0.3, -0.25) is 4.79 Å². The van der Waals surface area contributed by atoms with Gasteiger partial charge >= 0.3 is 0 Å². The highest BCUT2D eigenvalue weighted by molar-refractivity contribution is 6.30. The van der Waals surface area contributed by atoms with Crippen molar-refractivity contribution < 1.29 is 9.18 Å². The molecule has 0 bridgehead atoms. The van der Waals surface area contributed by atoms with Crippen LogP contribution in [0.1, 0.15) is 24.2 Å². The molecule has 1 aromatic rings. The first-order valence-electron chi connectivity index (χ1n) is 6.89. The minimum atomic E-state index is -0.545. The summed E-state index contributed by atoms with van der Waals surface area (Å²) in [5, 5.41) is 3.43. The van der Waals surface area contributed by atoms with Crippen molar-refractivity contribution >= 4 is 17.5 Å². The summed E-state index contributed by atoms with van der Waals surface area (Å²) in [6, 6.07) is 4.26. The molecule has 2 aliphatic rings. The molecule has 0 spiro atoms. The number of rotatable bonds is 1. The monoisotopic (exact) mass is 296 g/mol. The molecule has 1 N–H and O–H groups in total. The zero-order valence-corrected chi connectivity index (χ0v) is 12.4. The van der Waals surface area contributed by atoms with Crippen molar-refractivity contribution in [1.29, 1.82) is 0 Å². The van der Waals surface area contributed by atoms with Crippen LogP contribution in [0.2, 0.25) is 5.02 Å². The summed E-state index contributed by atoms with van der Waals surface area (Å²) >= 11 is 5.67. The molecule has 0 saturated carbocycles. The Morgan fingerprint density at radius 3 is 2.85 bits per heavy atom. The van der Waals surface area contributed by atoms with Crippen molar-refractivity contribution in [3.05, 3.63) is 34.6 Å². The van der Waals surface area contributed by atoms with Crippen LogP contribution >= 0.6 is 11.6 Å². The molecular formula is C15H18ClFN2O. The first-order chi connectivity index (χ1) is 9.41. The first-order valence-corrected chi connectivity index (χ1v) is 7.27. The van der Waals surface area contributed by atoms with Crippen LogP contribution in [0.25, 0.3) is 0 Å². The number of hydrogen-bond donors (Lipinski definition) is 1. The fourth-order valence-corrected chi connectivity index (χ4v) is 3.67. The van der Waals surface area contributed by atoms with Crippen molar-refractivity contribution in [3.8, 4) is 0 Å². The Hall–Kier alpha value is -1.13. The van der Waals surface area contributed by atoms with E-state index >= 15 is 0 Å². The average Bonchev–Trinajstić information content (AvgIpc) is 2.95. The summed E-state index contributed by atoms with van der Waals surface area (Å²) in [5.41, 5.74) is 0.161. The van der Waals surface area contributed by atoms with E-state index in [2.05, 4.69) is 19.2 Å². The third-order valence-corrected chi connectivity index (χ3v) is 5.08. The zero-order chi connectivity index (χ0) is 14.5. The fraction of sp³-hybridized carbons (Fsp3) is 0.533. The highest BCUT2D eigenvalue weighted by Gasteiger charge is 2.51. The number of nitrogens with zero attached hydrogens (tertiary/aromatic N) is 1. The van der Waals surface area contributed by atoms with E-state index in [1.54, 1.807) is 6.07 Å². The summed E-state index contributed by atoms with van der Waals surface area (Å²) in [5.74, 6) is 0.297. The second-order valence-electron chi connectivity index (χ2n) is 6.22. The van der Waals surface area contributed by atoms with E-state index in [-0.39, 0.29) is 16.5 Å². The number of hydrogen-bond acceptors (Lipinski definition) is 2. The molecule has 108 valence electrons. The molecule has 0 aromatic heterocycles.